The lowest BCUT2D eigenvalue weighted by Crippen LogP contribution is -2.03. The molecule has 7 nitrogen and oxygen atoms in total. The zero-order chi connectivity index (χ0) is 24.1. The second-order valence-electron chi connectivity index (χ2n) is 6.60. The number of nitrogens with two attached hydrogens (primary N) is 1. The summed E-state index contributed by atoms with van der Waals surface area (Å²) in [5, 5.41) is 20.7. The maximum atomic E-state index is 9.96. The third-order valence-corrected chi connectivity index (χ3v) is 6.51. The van der Waals surface area contributed by atoms with Gasteiger partial charge in [-0.3, -0.25) is 0 Å². The summed E-state index contributed by atoms with van der Waals surface area (Å²) in [6.45, 7) is 0. The minimum Gasteiger partial charge on any atom is -0.493 e. The molecule has 10 heteroatoms. The zero-order valence-electron chi connectivity index (χ0n) is 17.9. The molecule has 0 spiro atoms. The van der Waals surface area contributed by atoms with Crippen molar-refractivity contribution < 1.29 is 14.2 Å². The first kappa shape index (κ1) is 24.3. The van der Waals surface area contributed by atoms with Crippen LogP contribution in [0.3, 0.4) is 0 Å². The number of halogens is 2. The fourth-order valence-electron chi connectivity index (χ4n) is 3.21. The van der Waals surface area contributed by atoms with Crippen molar-refractivity contribution in [3.63, 3.8) is 0 Å². The Labute approximate surface area is 205 Å². The topological polar surface area (TPSA) is 114 Å². The Kier molecular flexibility index (Phi) is 7.78. The summed E-state index contributed by atoms with van der Waals surface area (Å²) in [6, 6.07) is 12.7. The summed E-state index contributed by atoms with van der Waals surface area (Å²) >= 11 is 13.5. The quantitative estimate of drug-likeness (QED) is 0.410. The average Bonchev–Trinajstić information content (AvgIpc) is 2.83. The second-order valence-corrected chi connectivity index (χ2v) is 8.38. The average molecular weight is 501 g/mol. The molecule has 0 fully saturated rings. The molecule has 0 bridgehead atoms. The number of nitrogens with zero attached hydrogens (tertiary/aromatic N) is 3. The summed E-state index contributed by atoms with van der Waals surface area (Å²) < 4.78 is 16.2. The van der Waals surface area contributed by atoms with Crippen molar-refractivity contribution in [1.29, 1.82) is 10.5 Å². The van der Waals surface area contributed by atoms with Crippen LogP contribution in [0.15, 0.2) is 35.4 Å². The van der Waals surface area contributed by atoms with E-state index in [0.29, 0.717) is 49.2 Å². The first-order valence-electron chi connectivity index (χ1n) is 9.39. The molecule has 2 N–H and O–H groups in total. The van der Waals surface area contributed by atoms with Crippen LogP contribution in [-0.4, -0.2) is 26.3 Å². The lowest BCUT2D eigenvalue weighted by atomic mass is 9.97. The van der Waals surface area contributed by atoms with Crippen LogP contribution in [-0.2, 0) is 5.75 Å². The fraction of sp³-hybridized carbons (Fsp3) is 0.174. The van der Waals surface area contributed by atoms with Gasteiger partial charge in [-0.2, -0.15) is 10.5 Å². The second kappa shape index (κ2) is 10.5. The van der Waals surface area contributed by atoms with E-state index in [0.717, 1.165) is 5.56 Å². The maximum Gasteiger partial charge on any atom is 0.203 e. The van der Waals surface area contributed by atoms with Crippen LogP contribution in [0.2, 0.25) is 10.0 Å². The first-order valence-corrected chi connectivity index (χ1v) is 11.1. The maximum absolute atomic E-state index is 9.96. The third-order valence-electron chi connectivity index (χ3n) is 4.72. The molecule has 0 aliphatic rings. The van der Waals surface area contributed by atoms with E-state index in [2.05, 4.69) is 11.1 Å². The van der Waals surface area contributed by atoms with Crippen molar-refractivity contribution in [2.24, 2.45) is 0 Å². The molecule has 0 unspecified atom stereocenters. The zero-order valence-corrected chi connectivity index (χ0v) is 20.2. The van der Waals surface area contributed by atoms with Crippen molar-refractivity contribution >= 4 is 40.8 Å². The van der Waals surface area contributed by atoms with Gasteiger partial charge in [0.2, 0.25) is 5.75 Å². The number of nitrogen functional groups attached to an aromatic ring is 1. The van der Waals surface area contributed by atoms with Crippen LogP contribution in [0, 0.1) is 22.7 Å². The van der Waals surface area contributed by atoms with Crippen LogP contribution in [0.5, 0.6) is 17.2 Å². The van der Waals surface area contributed by atoms with Gasteiger partial charge in [0.25, 0.3) is 0 Å². The molecular formula is C23H18Cl2N4O3S. The largest absolute Gasteiger partial charge is 0.493 e. The van der Waals surface area contributed by atoms with E-state index in [1.54, 1.807) is 18.2 Å². The summed E-state index contributed by atoms with van der Waals surface area (Å²) in [4.78, 5) is 4.32. The molecule has 33 heavy (non-hydrogen) atoms. The molecule has 1 aromatic heterocycles. The molecule has 0 aliphatic carbocycles. The lowest BCUT2D eigenvalue weighted by molar-refractivity contribution is 0.324. The Morgan fingerprint density at radius 1 is 0.939 bits per heavy atom. The minimum absolute atomic E-state index is 0.0185. The Morgan fingerprint density at radius 2 is 1.58 bits per heavy atom. The highest BCUT2D eigenvalue weighted by Crippen LogP contribution is 2.41. The molecule has 2 aromatic carbocycles. The van der Waals surface area contributed by atoms with Gasteiger partial charge in [0.05, 0.1) is 36.9 Å². The third kappa shape index (κ3) is 4.89. The highest BCUT2D eigenvalue weighted by molar-refractivity contribution is 7.98. The van der Waals surface area contributed by atoms with E-state index in [1.165, 1.54) is 33.1 Å². The van der Waals surface area contributed by atoms with Crippen molar-refractivity contribution in [3.05, 3.63) is 57.1 Å². The number of anilines is 1. The van der Waals surface area contributed by atoms with Crippen molar-refractivity contribution in [2.75, 3.05) is 27.1 Å². The molecule has 0 amide bonds. The van der Waals surface area contributed by atoms with Crippen molar-refractivity contribution in [3.8, 4) is 40.5 Å². The van der Waals surface area contributed by atoms with Crippen LogP contribution < -0.4 is 19.9 Å². The monoisotopic (exact) mass is 500 g/mol. The molecule has 0 saturated heterocycles. The fourth-order valence-corrected chi connectivity index (χ4v) is 4.44. The van der Waals surface area contributed by atoms with Crippen molar-refractivity contribution in [1.82, 2.24) is 4.98 Å². The summed E-state index contributed by atoms with van der Waals surface area (Å²) in [6.07, 6.45) is 0. The van der Waals surface area contributed by atoms with E-state index in [-0.39, 0.29) is 16.9 Å². The molecule has 0 atom stereocenters. The van der Waals surface area contributed by atoms with E-state index in [4.69, 9.17) is 43.1 Å². The molecule has 1 heterocycles. The molecule has 0 aliphatic heterocycles. The number of methoxy groups -OCH3 is 3. The van der Waals surface area contributed by atoms with Crippen LogP contribution >= 0.6 is 35.0 Å². The summed E-state index contributed by atoms with van der Waals surface area (Å²) in [5.74, 6) is 1.94. The van der Waals surface area contributed by atoms with Gasteiger partial charge < -0.3 is 19.9 Å². The number of hydrogen-bond acceptors (Lipinski definition) is 8. The van der Waals surface area contributed by atoms with Gasteiger partial charge in [-0.1, -0.05) is 29.3 Å². The minimum atomic E-state index is 0.0185. The van der Waals surface area contributed by atoms with Gasteiger partial charge in [0.15, 0.2) is 11.5 Å². The smallest absolute Gasteiger partial charge is 0.203 e. The summed E-state index contributed by atoms with van der Waals surface area (Å²) in [5.41, 5.74) is 8.15. The number of benzene rings is 2. The summed E-state index contributed by atoms with van der Waals surface area (Å²) in [7, 11) is 4.60. The van der Waals surface area contributed by atoms with Gasteiger partial charge in [-0.15, -0.1) is 11.8 Å². The van der Waals surface area contributed by atoms with E-state index in [9.17, 15) is 10.5 Å². The van der Waals surface area contributed by atoms with Crippen LogP contribution in [0.4, 0.5) is 5.82 Å². The Hall–Kier alpha value is -3.30. The SMILES string of the molecule is COc1cc(CSc2nc(N)c(C#N)c(-c3ccc(Cl)c(Cl)c3)c2C#N)cc(OC)c1OC. The van der Waals surface area contributed by atoms with Crippen LogP contribution in [0.1, 0.15) is 16.7 Å². The number of aromatic nitrogens is 1. The number of nitriles is 2. The number of thioether (sulfide) groups is 1. The Bertz CT molecular complexity index is 1280. The van der Waals surface area contributed by atoms with E-state index in [1.807, 2.05) is 18.2 Å². The lowest BCUT2D eigenvalue weighted by Gasteiger charge is -2.15. The molecule has 3 aromatic rings. The van der Waals surface area contributed by atoms with Gasteiger partial charge in [-0.25, -0.2) is 4.98 Å². The predicted molar refractivity (Wildman–Crippen MR) is 129 cm³/mol. The first-order chi connectivity index (χ1) is 15.9. The van der Waals surface area contributed by atoms with E-state index < -0.39 is 0 Å². The van der Waals surface area contributed by atoms with Gasteiger partial charge in [0.1, 0.15) is 28.5 Å². The van der Waals surface area contributed by atoms with Gasteiger partial charge in [0, 0.05) is 11.3 Å². The number of ether oxygens (including phenoxy) is 3. The molecule has 168 valence electrons. The molecule has 0 radical (unpaired) electrons. The number of rotatable bonds is 7. The van der Waals surface area contributed by atoms with Gasteiger partial charge >= 0.3 is 0 Å². The Balaban J connectivity index is 2.08. The molecule has 3 rings (SSSR count). The van der Waals surface area contributed by atoms with Crippen LogP contribution in [0.25, 0.3) is 11.1 Å². The highest BCUT2D eigenvalue weighted by atomic mass is 35.5. The predicted octanol–water partition coefficient (Wildman–Crippen LogP) is 5.70. The van der Waals surface area contributed by atoms with Crippen molar-refractivity contribution in [2.45, 2.75) is 10.8 Å². The standard InChI is InChI=1S/C23H18Cl2N4O3S/c1-30-18-6-12(7-19(31-2)21(18)32-3)11-33-23-15(10-27)20(14(9-26)22(28)29-23)13-4-5-16(24)17(25)8-13/h4-8H,11H2,1-3H3,(H2,28,29). The Morgan fingerprint density at radius 3 is 2.09 bits per heavy atom. The molecule has 0 saturated carbocycles. The highest BCUT2D eigenvalue weighted by Gasteiger charge is 2.22. The van der Waals surface area contributed by atoms with E-state index >= 15 is 0 Å². The number of hydrogen-bond donors (Lipinski definition) is 1. The molecular weight excluding hydrogens is 483 g/mol. The normalized spacial score (nSPS) is 10.3. The number of pyridine rings is 1. The van der Waals surface area contributed by atoms with Gasteiger partial charge in [-0.05, 0) is 35.4 Å².